The lowest BCUT2D eigenvalue weighted by Gasteiger charge is -2.18. The van der Waals surface area contributed by atoms with Gasteiger partial charge in [0.2, 0.25) is 10.0 Å². The van der Waals surface area contributed by atoms with Gasteiger partial charge in [-0.15, -0.1) is 11.3 Å². The molecule has 1 aromatic heterocycles. The molecule has 0 bridgehead atoms. The highest BCUT2D eigenvalue weighted by molar-refractivity contribution is 7.89. The molecule has 0 amide bonds. The van der Waals surface area contributed by atoms with Gasteiger partial charge < -0.3 is 14.6 Å². The summed E-state index contributed by atoms with van der Waals surface area (Å²) in [5.41, 5.74) is 1.83. The van der Waals surface area contributed by atoms with Crippen LogP contribution in [0.4, 0.5) is 0 Å². The quantitative estimate of drug-likeness (QED) is 0.692. The van der Waals surface area contributed by atoms with Crippen LogP contribution in [0.5, 0.6) is 5.75 Å². The monoisotopic (exact) mass is 385 g/mol. The summed E-state index contributed by atoms with van der Waals surface area (Å²) in [4.78, 5) is 0.994. The predicted octanol–water partition coefficient (Wildman–Crippen LogP) is 2.40. The van der Waals surface area contributed by atoms with E-state index < -0.39 is 16.1 Å². The van der Waals surface area contributed by atoms with Crippen molar-refractivity contribution in [1.82, 2.24) is 4.72 Å². The molecule has 25 heavy (non-hydrogen) atoms. The van der Waals surface area contributed by atoms with Gasteiger partial charge in [0, 0.05) is 11.4 Å². The van der Waals surface area contributed by atoms with Crippen LogP contribution >= 0.6 is 11.3 Å². The zero-order chi connectivity index (χ0) is 18.4. The van der Waals surface area contributed by atoms with Crippen LogP contribution in [-0.2, 0) is 14.8 Å². The van der Waals surface area contributed by atoms with E-state index in [4.69, 9.17) is 14.6 Å². The van der Waals surface area contributed by atoms with Crippen LogP contribution in [0.3, 0.4) is 0 Å². The molecule has 0 fully saturated rings. The summed E-state index contributed by atoms with van der Waals surface area (Å²) in [5.74, 6) is 0.305. The van der Waals surface area contributed by atoms with Gasteiger partial charge >= 0.3 is 0 Å². The van der Waals surface area contributed by atoms with Gasteiger partial charge in [0.05, 0.1) is 20.3 Å². The number of ether oxygens (including phenoxy) is 2. The fourth-order valence-corrected chi connectivity index (χ4v) is 4.35. The van der Waals surface area contributed by atoms with E-state index in [1.807, 2.05) is 31.4 Å². The third kappa shape index (κ3) is 5.02. The number of hydrogen-bond donors (Lipinski definition) is 2. The molecule has 1 atom stereocenters. The van der Waals surface area contributed by atoms with E-state index in [9.17, 15) is 8.42 Å². The van der Waals surface area contributed by atoms with Gasteiger partial charge in [-0.25, -0.2) is 13.1 Å². The number of sulfonamides is 1. The zero-order valence-electron chi connectivity index (χ0n) is 14.5. The molecule has 0 saturated carbocycles. The fourth-order valence-electron chi connectivity index (χ4n) is 2.31. The first-order chi connectivity index (χ1) is 11.9. The largest absolute Gasteiger partial charge is 0.495 e. The van der Waals surface area contributed by atoms with Crippen molar-refractivity contribution in [2.24, 2.45) is 0 Å². The first-order valence-electron chi connectivity index (χ1n) is 7.79. The SMILES string of the molecule is COc1cc(C)c(C)cc1S(=O)(=O)NCC(OCCO)c1cccs1. The van der Waals surface area contributed by atoms with Crippen molar-refractivity contribution in [1.29, 1.82) is 0 Å². The molecule has 0 aliphatic rings. The Balaban J connectivity index is 2.21. The number of hydrogen-bond acceptors (Lipinski definition) is 6. The summed E-state index contributed by atoms with van der Waals surface area (Å²) >= 11 is 1.47. The van der Waals surface area contributed by atoms with E-state index in [2.05, 4.69) is 4.72 Å². The van der Waals surface area contributed by atoms with Crippen LogP contribution in [0.2, 0.25) is 0 Å². The van der Waals surface area contributed by atoms with Crippen LogP contribution in [-0.4, -0.2) is 40.4 Å². The number of benzene rings is 1. The number of aryl methyl sites for hydroxylation is 2. The van der Waals surface area contributed by atoms with E-state index in [1.54, 1.807) is 12.1 Å². The van der Waals surface area contributed by atoms with E-state index >= 15 is 0 Å². The highest BCUT2D eigenvalue weighted by atomic mass is 32.2. The highest BCUT2D eigenvalue weighted by Crippen LogP contribution is 2.28. The number of aliphatic hydroxyl groups excluding tert-OH is 1. The molecule has 0 aliphatic carbocycles. The Hall–Kier alpha value is -1.45. The Bertz CT molecular complexity index is 788. The average Bonchev–Trinajstić information content (AvgIpc) is 3.11. The molecule has 6 nitrogen and oxygen atoms in total. The lowest BCUT2D eigenvalue weighted by atomic mass is 10.1. The summed E-state index contributed by atoms with van der Waals surface area (Å²) < 4.78 is 38.8. The van der Waals surface area contributed by atoms with Crippen molar-refractivity contribution in [2.75, 3.05) is 26.9 Å². The minimum absolute atomic E-state index is 0.0684. The lowest BCUT2D eigenvalue weighted by molar-refractivity contribution is 0.0328. The first kappa shape index (κ1) is 19.9. The Morgan fingerprint density at radius 2 is 2.00 bits per heavy atom. The molecule has 0 radical (unpaired) electrons. The normalized spacial score (nSPS) is 13.0. The summed E-state index contributed by atoms with van der Waals surface area (Å²) in [6, 6.07) is 7.06. The maximum Gasteiger partial charge on any atom is 0.244 e. The molecule has 1 unspecified atom stereocenters. The molecule has 8 heteroatoms. The van der Waals surface area contributed by atoms with Crippen molar-refractivity contribution in [3.63, 3.8) is 0 Å². The van der Waals surface area contributed by atoms with Crippen molar-refractivity contribution in [3.05, 3.63) is 45.6 Å². The van der Waals surface area contributed by atoms with Crippen molar-refractivity contribution >= 4 is 21.4 Å². The maximum atomic E-state index is 12.7. The minimum Gasteiger partial charge on any atom is -0.495 e. The average molecular weight is 386 g/mol. The molecule has 2 rings (SSSR count). The van der Waals surface area contributed by atoms with Gasteiger partial charge in [-0.05, 0) is 48.6 Å². The highest BCUT2D eigenvalue weighted by Gasteiger charge is 2.23. The smallest absolute Gasteiger partial charge is 0.244 e. The minimum atomic E-state index is -3.77. The van der Waals surface area contributed by atoms with Crippen LogP contribution in [0.1, 0.15) is 22.1 Å². The van der Waals surface area contributed by atoms with Crippen LogP contribution in [0.25, 0.3) is 0 Å². The van der Waals surface area contributed by atoms with Gasteiger partial charge in [0.15, 0.2) is 0 Å². The van der Waals surface area contributed by atoms with Gasteiger partial charge in [0.1, 0.15) is 16.7 Å². The van der Waals surface area contributed by atoms with Gasteiger partial charge in [-0.3, -0.25) is 0 Å². The predicted molar refractivity (Wildman–Crippen MR) is 97.8 cm³/mol. The van der Waals surface area contributed by atoms with Gasteiger partial charge in [0.25, 0.3) is 0 Å². The van der Waals surface area contributed by atoms with E-state index in [0.717, 1.165) is 16.0 Å². The first-order valence-corrected chi connectivity index (χ1v) is 10.2. The molecular weight excluding hydrogens is 362 g/mol. The zero-order valence-corrected chi connectivity index (χ0v) is 16.1. The molecule has 1 heterocycles. The Labute approximate surface area is 152 Å². The van der Waals surface area contributed by atoms with Crippen molar-refractivity contribution in [2.45, 2.75) is 24.8 Å². The molecule has 2 aromatic rings. The van der Waals surface area contributed by atoms with Crippen molar-refractivity contribution < 1.29 is 23.0 Å². The molecule has 0 aliphatic heterocycles. The second-order valence-electron chi connectivity index (χ2n) is 5.54. The number of rotatable bonds is 9. The topological polar surface area (TPSA) is 84.9 Å². The van der Waals surface area contributed by atoms with Gasteiger partial charge in [-0.1, -0.05) is 6.07 Å². The standard InChI is InChI=1S/C17H23NO5S2/c1-12-9-14(22-3)17(10-13(12)2)25(20,21)18-11-15(23-7-6-19)16-5-4-8-24-16/h4-5,8-10,15,18-19H,6-7,11H2,1-3H3. The number of nitrogens with one attached hydrogen (secondary N) is 1. The Morgan fingerprint density at radius 3 is 2.60 bits per heavy atom. The molecular formula is C17H23NO5S2. The lowest BCUT2D eigenvalue weighted by Crippen LogP contribution is -2.30. The number of thiophene rings is 1. The molecule has 138 valence electrons. The Morgan fingerprint density at radius 1 is 1.28 bits per heavy atom. The summed E-state index contributed by atoms with van der Waals surface area (Å²) in [7, 11) is -2.32. The van der Waals surface area contributed by atoms with Crippen LogP contribution < -0.4 is 9.46 Å². The van der Waals surface area contributed by atoms with Crippen LogP contribution in [0.15, 0.2) is 34.5 Å². The second-order valence-corrected chi connectivity index (χ2v) is 8.25. The fraction of sp³-hybridized carbons (Fsp3) is 0.412. The summed E-state index contributed by atoms with van der Waals surface area (Å²) in [6.07, 6.45) is -0.459. The van der Waals surface area contributed by atoms with E-state index in [-0.39, 0.29) is 24.7 Å². The molecule has 1 aromatic carbocycles. The van der Waals surface area contributed by atoms with E-state index in [1.165, 1.54) is 18.4 Å². The molecule has 0 saturated heterocycles. The van der Waals surface area contributed by atoms with E-state index in [0.29, 0.717) is 5.75 Å². The van der Waals surface area contributed by atoms with Crippen molar-refractivity contribution in [3.8, 4) is 5.75 Å². The Kier molecular flexibility index (Phi) is 6.97. The third-order valence-corrected chi connectivity index (χ3v) is 6.21. The summed E-state index contributed by atoms with van der Waals surface area (Å²) in [5, 5.41) is 10.9. The van der Waals surface area contributed by atoms with Crippen LogP contribution in [0, 0.1) is 13.8 Å². The number of aliphatic hydroxyl groups is 1. The third-order valence-electron chi connectivity index (χ3n) is 3.80. The van der Waals surface area contributed by atoms with Gasteiger partial charge in [-0.2, -0.15) is 0 Å². The summed E-state index contributed by atoms with van der Waals surface area (Å²) in [6.45, 7) is 3.83. The molecule has 0 spiro atoms. The maximum absolute atomic E-state index is 12.7. The number of methoxy groups -OCH3 is 1. The molecule has 2 N–H and O–H groups in total. The second kappa shape index (κ2) is 8.77.